The fourth-order valence-corrected chi connectivity index (χ4v) is 2.31. The van der Waals surface area contributed by atoms with Crippen LogP contribution in [0.15, 0.2) is 48.5 Å². The number of hydrogen-bond acceptors (Lipinski definition) is 2. The van der Waals surface area contributed by atoms with Gasteiger partial charge in [-0.25, -0.2) is 4.39 Å². The standard InChI is InChI=1S/C16H14FNO2/c17-13-5-3-6-14(9-13)18-16(19)12-8-11-4-1-2-7-15(11)20-10-12/h1-7,9,12H,8,10H2,(H,18,19). The van der Waals surface area contributed by atoms with Gasteiger partial charge >= 0.3 is 0 Å². The number of amides is 1. The second kappa shape index (κ2) is 5.33. The van der Waals surface area contributed by atoms with Gasteiger partial charge in [0.25, 0.3) is 0 Å². The molecule has 102 valence electrons. The first-order chi connectivity index (χ1) is 9.72. The maximum Gasteiger partial charge on any atom is 0.231 e. The van der Waals surface area contributed by atoms with Crippen LogP contribution < -0.4 is 10.1 Å². The molecule has 2 aromatic carbocycles. The molecular weight excluding hydrogens is 257 g/mol. The summed E-state index contributed by atoms with van der Waals surface area (Å²) in [5.74, 6) is 0.0635. The molecule has 4 heteroatoms. The predicted octanol–water partition coefficient (Wildman–Crippen LogP) is 3.02. The summed E-state index contributed by atoms with van der Waals surface area (Å²) in [6.07, 6.45) is 0.636. The normalized spacial score (nSPS) is 16.9. The summed E-state index contributed by atoms with van der Waals surface area (Å²) in [7, 11) is 0. The number of fused-ring (bicyclic) bond motifs is 1. The fourth-order valence-electron chi connectivity index (χ4n) is 2.31. The first-order valence-electron chi connectivity index (χ1n) is 6.49. The van der Waals surface area contributed by atoms with E-state index in [1.54, 1.807) is 12.1 Å². The summed E-state index contributed by atoms with van der Waals surface area (Å²) in [5, 5.41) is 2.72. The molecule has 20 heavy (non-hydrogen) atoms. The van der Waals surface area contributed by atoms with Crippen LogP contribution in [-0.2, 0) is 11.2 Å². The summed E-state index contributed by atoms with van der Waals surface area (Å²) in [4.78, 5) is 12.2. The van der Waals surface area contributed by atoms with E-state index in [0.29, 0.717) is 18.7 Å². The molecule has 1 heterocycles. The molecule has 2 aromatic rings. The lowest BCUT2D eigenvalue weighted by Gasteiger charge is -2.24. The molecule has 0 fully saturated rings. The van der Waals surface area contributed by atoms with Gasteiger partial charge in [-0.1, -0.05) is 24.3 Å². The molecule has 1 aliphatic heterocycles. The Bertz CT molecular complexity index is 642. The third-order valence-corrected chi connectivity index (χ3v) is 3.34. The Morgan fingerprint density at radius 1 is 1.20 bits per heavy atom. The molecule has 0 saturated heterocycles. The van der Waals surface area contributed by atoms with Gasteiger partial charge in [-0.3, -0.25) is 4.79 Å². The topological polar surface area (TPSA) is 38.3 Å². The van der Waals surface area contributed by atoms with Gasteiger partial charge in [0.1, 0.15) is 18.2 Å². The van der Waals surface area contributed by atoms with Crippen LogP contribution in [0.4, 0.5) is 10.1 Å². The Morgan fingerprint density at radius 3 is 2.90 bits per heavy atom. The van der Waals surface area contributed by atoms with Gasteiger partial charge in [0.15, 0.2) is 0 Å². The number of para-hydroxylation sites is 1. The second-order valence-corrected chi connectivity index (χ2v) is 4.82. The van der Waals surface area contributed by atoms with E-state index < -0.39 is 0 Å². The lowest BCUT2D eigenvalue weighted by atomic mass is 9.96. The van der Waals surface area contributed by atoms with Gasteiger partial charge in [-0.05, 0) is 36.2 Å². The molecule has 3 rings (SSSR count). The van der Waals surface area contributed by atoms with Crippen LogP contribution in [0.1, 0.15) is 5.56 Å². The molecular formula is C16H14FNO2. The van der Waals surface area contributed by atoms with E-state index in [4.69, 9.17) is 4.74 Å². The van der Waals surface area contributed by atoms with Crippen molar-refractivity contribution in [2.45, 2.75) is 6.42 Å². The molecule has 0 spiro atoms. The molecule has 0 aromatic heterocycles. The van der Waals surface area contributed by atoms with Crippen LogP contribution in [-0.4, -0.2) is 12.5 Å². The van der Waals surface area contributed by atoms with Crippen LogP contribution in [0.5, 0.6) is 5.75 Å². The van der Waals surface area contributed by atoms with Crippen molar-refractivity contribution in [3.63, 3.8) is 0 Å². The van der Waals surface area contributed by atoms with E-state index in [1.807, 2.05) is 24.3 Å². The van der Waals surface area contributed by atoms with Crippen molar-refractivity contribution in [3.8, 4) is 5.75 Å². The highest BCUT2D eigenvalue weighted by molar-refractivity contribution is 5.93. The zero-order valence-electron chi connectivity index (χ0n) is 10.8. The number of rotatable bonds is 2. The van der Waals surface area contributed by atoms with Gasteiger partial charge in [0.05, 0.1) is 5.92 Å². The van der Waals surface area contributed by atoms with Crippen molar-refractivity contribution in [2.24, 2.45) is 5.92 Å². The van der Waals surface area contributed by atoms with Crippen LogP contribution in [0, 0.1) is 11.7 Å². The molecule has 1 aliphatic rings. The molecule has 1 amide bonds. The molecule has 1 unspecified atom stereocenters. The van der Waals surface area contributed by atoms with Gasteiger partial charge in [0, 0.05) is 5.69 Å². The van der Waals surface area contributed by atoms with Gasteiger partial charge in [-0.2, -0.15) is 0 Å². The molecule has 0 aliphatic carbocycles. The van der Waals surface area contributed by atoms with Crippen molar-refractivity contribution >= 4 is 11.6 Å². The third-order valence-electron chi connectivity index (χ3n) is 3.34. The SMILES string of the molecule is O=C(Nc1cccc(F)c1)C1COc2ccccc2C1. The second-order valence-electron chi connectivity index (χ2n) is 4.82. The van der Waals surface area contributed by atoms with Crippen LogP contribution >= 0.6 is 0 Å². The zero-order chi connectivity index (χ0) is 13.9. The number of carbonyl (C=O) groups is 1. The third kappa shape index (κ3) is 2.64. The minimum atomic E-state index is -0.368. The molecule has 3 nitrogen and oxygen atoms in total. The summed E-state index contributed by atoms with van der Waals surface area (Å²) >= 11 is 0. The fraction of sp³-hybridized carbons (Fsp3) is 0.188. The van der Waals surface area contributed by atoms with E-state index in [-0.39, 0.29) is 17.6 Å². The van der Waals surface area contributed by atoms with E-state index >= 15 is 0 Å². The van der Waals surface area contributed by atoms with E-state index in [1.165, 1.54) is 12.1 Å². The number of halogens is 1. The molecule has 1 atom stereocenters. The van der Waals surface area contributed by atoms with E-state index in [0.717, 1.165) is 11.3 Å². The number of carbonyl (C=O) groups excluding carboxylic acids is 1. The average Bonchev–Trinajstić information content (AvgIpc) is 2.47. The van der Waals surface area contributed by atoms with Crippen molar-refractivity contribution in [1.82, 2.24) is 0 Å². The first kappa shape index (κ1) is 12.7. The lowest BCUT2D eigenvalue weighted by molar-refractivity contribution is -0.121. The molecule has 1 N–H and O–H groups in total. The van der Waals surface area contributed by atoms with Crippen LogP contribution in [0.25, 0.3) is 0 Å². The lowest BCUT2D eigenvalue weighted by Crippen LogP contribution is -2.32. The minimum absolute atomic E-state index is 0.148. The predicted molar refractivity (Wildman–Crippen MR) is 74.2 cm³/mol. The number of ether oxygens (including phenoxy) is 1. The van der Waals surface area contributed by atoms with E-state index in [9.17, 15) is 9.18 Å². The average molecular weight is 271 g/mol. The van der Waals surface area contributed by atoms with Crippen molar-refractivity contribution < 1.29 is 13.9 Å². The Labute approximate surface area is 116 Å². The number of nitrogens with one attached hydrogen (secondary N) is 1. The molecule has 0 bridgehead atoms. The highest BCUT2D eigenvalue weighted by Crippen LogP contribution is 2.27. The summed E-state index contributed by atoms with van der Waals surface area (Å²) < 4.78 is 18.7. The highest BCUT2D eigenvalue weighted by atomic mass is 19.1. The summed E-state index contributed by atoms with van der Waals surface area (Å²) in [5.41, 5.74) is 1.49. The van der Waals surface area contributed by atoms with Crippen molar-refractivity contribution in [2.75, 3.05) is 11.9 Å². The molecule has 0 radical (unpaired) electrons. The van der Waals surface area contributed by atoms with Crippen molar-refractivity contribution in [1.29, 1.82) is 0 Å². The number of anilines is 1. The zero-order valence-corrected chi connectivity index (χ0v) is 10.8. The van der Waals surface area contributed by atoms with Crippen LogP contribution in [0.3, 0.4) is 0 Å². The number of hydrogen-bond donors (Lipinski definition) is 1. The Morgan fingerprint density at radius 2 is 2.05 bits per heavy atom. The minimum Gasteiger partial charge on any atom is -0.492 e. The largest absolute Gasteiger partial charge is 0.492 e. The van der Waals surface area contributed by atoms with Gasteiger partial charge in [-0.15, -0.1) is 0 Å². The molecule has 0 saturated carbocycles. The van der Waals surface area contributed by atoms with Gasteiger partial charge < -0.3 is 10.1 Å². The van der Waals surface area contributed by atoms with Gasteiger partial charge in [0.2, 0.25) is 5.91 Å². The van der Waals surface area contributed by atoms with E-state index in [2.05, 4.69) is 5.32 Å². The first-order valence-corrected chi connectivity index (χ1v) is 6.49. The Hall–Kier alpha value is -2.36. The summed E-state index contributed by atoms with van der Waals surface area (Å²) in [6, 6.07) is 13.6. The smallest absolute Gasteiger partial charge is 0.231 e. The maximum absolute atomic E-state index is 13.1. The maximum atomic E-state index is 13.1. The van der Waals surface area contributed by atoms with Crippen LogP contribution in [0.2, 0.25) is 0 Å². The quantitative estimate of drug-likeness (QED) is 0.911. The Kier molecular flexibility index (Phi) is 3.37. The monoisotopic (exact) mass is 271 g/mol. The summed E-state index contributed by atoms with van der Waals surface area (Å²) in [6.45, 7) is 0.345. The highest BCUT2D eigenvalue weighted by Gasteiger charge is 2.25. The number of benzene rings is 2. The van der Waals surface area contributed by atoms with Crippen molar-refractivity contribution in [3.05, 3.63) is 59.9 Å². The Balaban J connectivity index is 1.70.